The molecule has 2 aromatic rings. The lowest BCUT2D eigenvalue weighted by atomic mass is 10.2. The number of hydrogen-bond donors (Lipinski definition) is 1. The van der Waals surface area contributed by atoms with Crippen LogP contribution in [0.3, 0.4) is 0 Å². The molecule has 0 aliphatic carbocycles. The van der Waals surface area contributed by atoms with Gasteiger partial charge < -0.3 is 10.3 Å². The number of primary amides is 1. The predicted octanol–water partition coefficient (Wildman–Crippen LogP) is 2.17. The van der Waals surface area contributed by atoms with Gasteiger partial charge in [-0.2, -0.15) is 0 Å². The summed E-state index contributed by atoms with van der Waals surface area (Å²) in [7, 11) is 0. The van der Waals surface area contributed by atoms with E-state index < -0.39 is 6.04 Å². The smallest absolute Gasteiger partial charge is 0.240 e. The highest BCUT2D eigenvalue weighted by atomic mass is 35.5. The first kappa shape index (κ1) is 12.9. The van der Waals surface area contributed by atoms with Crippen LogP contribution >= 0.6 is 11.6 Å². The van der Waals surface area contributed by atoms with Gasteiger partial charge in [-0.25, -0.2) is 4.98 Å². The normalized spacial score (nSPS) is 12.8. The van der Waals surface area contributed by atoms with Gasteiger partial charge in [-0.1, -0.05) is 12.1 Å². The summed E-state index contributed by atoms with van der Waals surface area (Å²) in [5.41, 5.74) is 8.33. The Labute approximate surface area is 111 Å². The van der Waals surface area contributed by atoms with Crippen molar-refractivity contribution in [1.29, 1.82) is 0 Å². The van der Waals surface area contributed by atoms with E-state index in [-0.39, 0.29) is 5.91 Å². The van der Waals surface area contributed by atoms with Crippen LogP contribution in [0.4, 0.5) is 0 Å². The van der Waals surface area contributed by atoms with Gasteiger partial charge in [0.25, 0.3) is 0 Å². The maximum absolute atomic E-state index is 11.4. The molecule has 2 rings (SSSR count). The van der Waals surface area contributed by atoms with Gasteiger partial charge in [-0.3, -0.25) is 4.79 Å². The number of alkyl halides is 1. The number of nitrogens with zero attached hydrogens (tertiary/aromatic N) is 2. The van der Waals surface area contributed by atoms with Crippen LogP contribution in [0.15, 0.2) is 18.2 Å². The van der Waals surface area contributed by atoms with Crippen LogP contribution in [-0.4, -0.2) is 21.3 Å². The Morgan fingerprint density at radius 2 is 2.28 bits per heavy atom. The number of amides is 1. The summed E-state index contributed by atoms with van der Waals surface area (Å²) in [5.74, 6) is 0.905. The van der Waals surface area contributed by atoms with E-state index in [9.17, 15) is 4.79 Å². The highest BCUT2D eigenvalue weighted by molar-refractivity contribution is 6.17. The lowest BCUT2D eigenvalue weighted by Crippen LogP contribution is -2.25. The van der Waals surface area contributed by atoms with Crippen LogP contribution in [-0.2, 0) is 11.2 Å². The van der Waals surface area contributed by atoms with Gasteiger partial charge in [0.05, 0.1) is 11.0 Å². The van der Waals surface area contributed by atoms with Gasteiger partial charge in [0.1, 0.15) is 11.9 Å². The van der Waals surface area contributed by atoms with Crippen LogP contribution in [0.1, 0.15) is 24.4 Å². The number of para-hydroxylation sites is 1. The zero-order chi connectivity index (χ0) is 13.3. The van der Waals surface area contributed by atoms with Crippen molar-refractivity contribution in [2.24, 2.45) is 5.73 Å². The third kappa shape index (κ3) is 2.08. The first-order valence-electron chi connectivity index (χ1n) is 5.88. The molecule has 1 heterocycles. The molecule has 0 bridgehead atoms. The number of benzene rings is 1. The fraction of sp³-hybridized carbons (Fsp3) is 0.385. The van der Waals surface area contributed by atoms with Gasteiger partial charge in [0, 0.05) is 12.3 Å². The van der Waals surface area contributed by atoms with Crippen molar-refractivity contribution in [2.75, 3.05) is 5.88 Å². The lowest BCUT2D eigenvalue weighted by molar-refractivity contribution is -0.120. The van der Waals surface area contributed by atoms with Crippen molar-refractivity contribution in [3.05, 3.63) is 29.6 Å². The monoisotopic (exact) mass is 265 g/mol. The summed E-state index contributed by atoms with van der Waals surface area (Å²) >= 11 is 5.79. The number of fused-ring (bicyclic) bond motifs is 1. The highest BCUT2D eigenvalue weighted by Crippen LogP contribution is 2.24. The predicted molar refractivity (Wildman–Crippen MR) is 72.8 cm³/mol. The molecule has 96 valence electrons. The van der Waals surface area contributed by atoms with Gasteiger partial charge >= 0.3 is 0 Å². The molecule has 1 aromatic carbocycles. The number of aromatic nitrogens is 2. The Kier molecular flexibility index (Phi) is 3.57. The summed E-state index contributed by atoms with van der Waals surface area (Å²) in [6, 6.07) is 5.46. The molecule has 0 spiro atoms. The summed E-state index contributed by atoms with van der Waals surface area (Å²) in [6.45, 7) is 3.78. The summed E-state index contributed by atoms with van der Waals surface area (Å²) in [5, 5.41) is 0. The first-order chi connectivity index (χ1) is 8.56. The number of imidazole rings is 1. The standard InChI is InChI=1S/C13H16ClN3O/c1-8-4-3-5-10-12(8)17(9(2)13(15)18)11(16-10)6-7-14/h3-5,9H,6-7H2,1-2H3,(H2,15,18). The number of nitrogens with two attached hydrogens (primary N) is 1. The molecule has 0 radical (unpaired) electrons. The molecule has 2 N–H and O–H groups in total. The quantitative estimate of drug-likeness (QED) is 0.862. The molecule has 1 amide bonds. The van der Waals surface area contributed by atoms with Gasteiger partial charge in [0.2, 0.25) is 5.91 Å². The average Bonchev–Trinajstić information content (AvgIpc) is 2.68. The minimum atomic E-state index is -0.422. The number of aryl methyl sites for hydroxylation is 2. The van der Waals surface area contributed by atoms with Gasteiger partial charge in [-0.15, -0.1) is 11.6 Å². The van der Waals surface area contributed by atoms with Crippen LogP contribution in [0.5, 0.6) is 0 Å². The molecule has 18 heavy (non-hydrogen) atoms. The second kappa shape index (κ2) is 4.98. The zero-order valence-corrected chi connectivity index (χ0v) is 11.2. The van der Waals surface area contributed by atoms with E-state index in [2.05, 4.69) is 4.98 Å². The minimum Gasteiger partial charge on any atom is -0.368 e. The van der Waals surface area contributed by atoms with Crippen LogP contribution < -0.4 is 5.73 Å². The average molecular weight is 266 g/mol. The summed E-state index contributed by atoms with van der Waals surface area (Å²) < 4.78 is 1.90. The van der Waals surface area contributed by atoms with E-state index in [0.29, 0.717) is 12.3 Å². The van der Waals surface area contributed by atoms with E-state index in [1.807, 2.05) is 29.7 Å². The highest BCUT2D eigenvalue weighted by Gasteiger charge is 2.20. The second-order valence-electron chi connectivity index (χ2n) is 4.36. The molecule has 1 atom stereocenters. The molecule has 0 saturated carbocycles. The van der Waals surface area contributed by atoms with Crippen LogP contribution in [0, 0.1) is 6.92 Å². The Bertz CT molecular complexity index is 591. The van der Waals surface area contributed by atoms with Crippen molar-refractivity contribution < 1.29 is 4.79 Å². The SMILES string of the molecule is Cc1cccc2nc(CCCl)n(C(C)C(N)=O)c12. The lowest BCUT2D eigenvalue weighted by Gasteiger charge is -2.15. The molecule has 5 heteroatoms. The third-order valence-electron chi connectivity index (χ3n) is 3.10. The molecule has 0 saturated heterocycles. The molecule has 1 aromatic heterocycles. The number of hydrogen-bond acceptors (Lipinski definition) is 2. The number of carbonyl (C=O) groups is 1. The molecule has 0 fully saturated rings. The molecular weight excluding hydrogens is 250 g/mol. The summed E-state index contributed by atoms with van der Waals surface area (Å²) in [6.07, 6.45) is 0.618. The third-order valence-corrected chi connectivity index (χ3v) is 3.29. The van der Waals surface area contributed by atoms with Crippen molar-refractivity contribution in [2.45, 2.75) is 26.3 Å². The Morgan fingerprint density at radius 1 is 1.56 bits per heavy atom. The largest absolute Gasteiger partial charge is 0.368 e. The molecule has 0 aliphatic rings. The topological polar surface area (TPSA) is 60.9 Å². The molecule has 4 nitrogen and oxygen atoms in total. The van der Waals surface area contributed by atoms with E-state index in [0.717, 1.165) is 22.4 Å². The molecule has 0 aliphatic heterocycles. The van der Waals surface area contributed by atoms with Crippen molar-refractivity contribution in [3.63, 3.8) is 0 Å². The van der Waals surface area contributed by atoms with Crippen LogP contribution in [0.25, 0.3) is 11.0 Å². The van der Waals surface area contributed by atoms with Crippen molar-refractivity contribution in [1.82, 2.24) is 9.55 Å². The Balaban J connectivity index is 2.72. The maximum atomic E-state index is 11.4. The van der Waals surface area contributed by atoms with E-state index in [1.165, 1.54) is 0 Å². The van der Waals surface area contributed by atoms with E-state index in [4.69, 9.17) is 17.3 Å². The van der Waals surface area contributed by atoms with E-state index in [1.54, 1.807) is 6.92 Å². The first-order valence-corrected chi connectivity index (χ1v) is 6.41. The van der Waals surface area contributed by atoms with E-state index >= 15 is 0 Å². The number of carbonyl (C=O) groups excluding carboxylic acids is 1. The van der Waals surface area contributed by atoms with Crippen molar-refractivity contribution >= 4 is 28.5 Å². The zero-order valence-electron chi connectivity index (χ0n) is 10.5. The second-order valence-corrected chi connectivity index (χ2v) is 4.74. The maximum Gasteiger partial charge on any atom is 0.240 e. The fourth-order valence-corrected chi connectivity index (χ4v) is 2.34. The van der Waals surface area contributed by atoms with Gasteiger partial charge in [-0.05, 0) is 25.5 Å². The summed E-state index contributed by atoms with van der Waals surface area (Å²) in [4.78, 5) is 16.0. The van der Waals surface area contributed by atoms with Gasteiger partial charge in [0.15, 0.2) is 0 Å². The number of rotatable bonds is 4. The van der Waals surface area contributed by atoms with Crippen LogP contribution in [0.2, 0.25) is 0 Å². The fourth-order valence-electron chi connectivity index (χ4n) is 2.17. The Morgan fingerprint density at radius 3 is 2.89 bits per heavy atom. The number of halogens is 1. The van der Waals surface area contributed by atoms with Crippen molar-refractivity contribution in [3.8, 4) is 0 Å². The molecule has 1 unspecified atom stereocenters. The minimum absolute atomic E-state index is 0.367. The molecular formula is C13H16ClN3O. The Hall–Kier alpha value is -1.55.